The first-order valence-electron chi connectivity index (χ1n) is 27.8. The first-order chi connectivity index (χ1) is 36.3. The van der Waals surface area contributed by atoms with Crippen molar-refractivity contribution in [2.24, 2.45) is 0 Å². The van der Waals surface area contributed by atoms with Crippen LogP contribution in [0.2, 0.25) is 0 Å². The Morgan fingerprint density at radius 2 is 0.987 bits per heavy atom. The lowest BCUT2D eigenvalue weighted by Crippen LogP contribution is -2.61. The zero-order chi connectivity index (χ0) is 52.4. The molecule has 8 aromatic carbocycles. The van der Waals surface area contributed by atoms with Crippen LogP contribution >= 0.6 is 0 Å². The van der Waals surface area contributed by atoms with Crippen LogP contribution in [-0.2, 0) is 27.1 Å². The van der Waals surface area contributed by atoms with Gasteiger partial charge in [0.25, 0.3) is 6.71 Å². The van der Waals surface area contributed by atoms with Gasteiger partial charge in [0.05, 0.1) is 22.7 Å². The Morgan fingerprint density at radius 1 is 0.447 bits per heavy atom. The molecule has 5 nitrogen and oxygen atoms in total. The van der Waals surface area contributed by atoms with Gasteiger partial charge in [-0.2, -0.15) is 0 Å². The molecule has 4 heterocycles. The molecule has 14 rings (SSSR count). The number of hydrogen-bond acceptors (Lipinski definition) is 5. The summed E-state index contributed by atoms with van der Waals surface area (Å²) in [4.78, 5) is 7.58. The quantitative estimate of drug-likeness (QED) is 0.161. The van der Waals surface area contributed by atoms with Crippen molar-refractivity contribution in [3.8, 4) is 0 Å². The zero-order valence-electron chi connectivity index (χ0n) is 46.2. The highest BCUT2D eigenvalue weighted by Crippen LogP contribution is 2.55. The first-order valence-corrected chi connectivity index (χ1v) is 27.8. The fourth-order valence-electron chi connectivity index (χ4n) is 13.9. The van der Waals surface area contributed by atoms with Gasteiger partial charge in [-0.3, -0.25) is 0 Å². The zero-order valence-corrected chi connectivity index (χ0v) is 46.2. The number of rotatable bonds is 5. The lowest BCUT2D eigenvalue weighted by molar-refractivity contribution is 0.332. The Bertz CT molecular complexity index is 3960. The molecular formula is C70H68BN3O2. The molecule has 6 heteroatoms. The topological polar surface area (TPSA) is 36.0 Å². The highest BCUT2D eigenvalue weighted by atomic mass is 16.3. The van der Waals surface area contributed by atoms with E-state index in [1.165, 1.54) is 44.4 Å². The third-order valence-electron chi connectivity index (χ3n) is 18.5. The highest BCUT2D eigenvalue weighted by Gasteiger charge is 2.50. The van der Waals surface area contributed by atoms with Crippen LogP contribution in [0.15, 0.2) is 173 Å². The van der Waals surface area contributed by atoms with Crippen LogP contribution in [0.1, 0.15) is 130 Å². The predicted molar refractivity (Wildman–Crippen MR) is 321 cm³/mol. The standard InChI is InChI=1S/C70H68BN3O2/c1-66(2,3)43-29-31-46(32-30-43)73-58-37-47(72(44-21-14-12-15-22-44)45-23-16-13-17-24-45)38-59-62(58)71(65-63(73)50-39-51-54(42-61(50)76-65)70(10,11)36-33-67(51,4)5)55-40-52-53(69(8,9)35-34-68(52,6)7)41-57(55)74(59)56-27-20-26-49-48-25-18-19-28-60(48)75-64(49)56/h12-32,37-42H,33-36H2,1-11H3. The van der Waals surface area contributed by atoms with Crippen LogP contribution in [0, 0.1) is 0 Å². The van der Waals surface area contributed by atoms with E-state index in [2.05, 4.69) is 255 Å². The smallest absolute Gasteiger partial charge is 0.297 e. The minimum absolute atomic E-state index is 0.00520. The minimum atomic E-state index is -0.237. The van der Waals surface area contributed by atoms with Crippen LogP contribution in [0.25, 0.3) is 32.9 Å². The second-order valence-corrected chi connectivity index (χ2v) is 26.3. The highest BCUT2D eigenvalue weighted by molar-refractivity contribution is 7.00. The Balaban J connectivity index is 1.17. The van der Waals surface area contributed by atoms with Gasteiger partial charge in [-0.1, -0.05) is 161 Å². The maximum atomic E-state index is 7.77. The predicted octanol–water partition coefficient (Wildman–Crippen LogP) is 17.9. The SMILES string of the molecule is CC(C)(C)c1ccc(N2c3cc(N(c4ccccc4)c4ccccc4)cc4c3B(c3cc5c(cc3N4c3cccc4c3oc3ccccc34)C(C)(C)CCC5(C)C)c3oc4cc5c(cc4c32)C(C)(C)CCC5(C)C)cc1. The molecule has 0 unspecified atom stereocenters. The van der Waals surface area contributed by atoms with Gasteiger partial charge in [-0.25, -0.2) is 0 Å². The number of fused-ring (bicyclic) bond motifs is 11. The van der Waals surface area contributed by atoms with Crippen molar-refractivity contribution in [2.45, 2.75) is 129 Å². The van der Waals surface area contributed by atoms with E-state index in [0.29, 0.717) is 0 Å². The van der Waals surface area contributed by atoms with Crippen LogP contribution < -0.4 is 31.3 Å². The third-order valence-corrected chi connectivity index (χ3v) is 18.5. The van der Waals surface area contributed by atoms with E-state index in [0.717, 1.165) is 110 Å². The Labute approximate surface area is 449 Å². The minimum Gasteiger partial charge on any atom is -0.468 e. The van der Waals surface area contributed by atoms with Crippen LogP contribution in [0.3, 0.4) is 0 Å². The third kappa shape index (κ3) is 6.91. The maximum absolute atomic E-state index is 7.77. The summed E-state index contributed by atoms with van der Waals surface area (Å²) in [6, 6.07) is 61.5. The Hall–Kier alpha value is -7.44. The monoisotopic (exact) mass is 994 g/mol. The molecule has 10 aromatic rings. The molecule has 0 fully saturated rings. The fourth-order valence-corrected chi connectivity index (χ4v) is 13.9. The molecule has 76 heavy (non-hydrogen) atoms. The summed E-state index contributed by atoms with van der Waals surface area (Å²) in [5.41, 5.74) is 22.9. The van der Waals surface area contributed by atoms with Crippen molar-refractivity contribution < 1.29 is 8.83 Å². The van der Waals surface area contributed by atoms with Gasteiger partial charge < -0.3 is 23.5 Å². The lowest BCUT2D eigenvalue weighted by Gasteiger charge is -2.47. The van der Waals surface area contributed by atoms with Gasteiger partial charge >= 0.3 is 0 Å². The summed E-state index contributed by atoms with van der Waals surface area (Å²) in [5.74, 6) is 0. The molecule has 0 bridgehead atoms. The van der Waals surface area contributed by atoms with E-state index in [-0.39, 0.29) is 33.8 Å². The van der Waals surface area contributed by atoms with Gasteiger partial charge in [-0.05, 0) is 170 Å². The second kappa shape index (κ2) is 16.1. The Morgan fingerprint density at radius 3 is 1.61 bits per heavy atom. The van der Waals surface area contributed by atoms with E-state index in [1.54, 1.807) is 0 Å². The maximum Gasteiger partial charge on any atom is 0.297 e. The molecule has 0 saturated carbocycles. The van der Waals surface area contributed by atoms with Gasteiger partial charge in [-0.15, -0.1) is 0 Å². The molecule has 0 N–H and O–H groups in total. The average Bonchev–Trinajstić information content (AvgIpc) is 4.15. The number of anilines is 9. The van der Waals surface area contributed by atoms with Gasteiger partial charge in [0.1, 0.15) is 11.2 Å². The molecule has 0 spiro atoms. The normalized spacial score (nSPS) is 17.5. The molecule has 4 aliphatic rings. The van der Waals surface area contributed by atoms with Crippen molar-refractivity contribution in [3.05, 3.63) is 192 Å². The fraction of sp³-hybridized carbons (Fsp3) is 0.286. The first kappa shape index (κ1) is 47.0. The molecule has 0 radical (unpaired) electrons. The van der Waals surface area contributed by atoms with Gasteiger partial charge in [0.15, 0.2) is 5.58 Å². The van der Waals surface area contributed by atoms with Crippen LogP contribution in [0.4, 0.5) is 51.2 Å². The molecule has 378 valence electrons. The summed E-state index contributed by atoms with van der Waals surface area (Å²) in [6.07, 6.45) is 4.48. The second-order valence-electron chi connectivity index (χ2n) is 26.3. The van der Waals surface area contributed by atoms with Crippen molar-refractivity contribution in [2.75, 3.05) is 14.7 Å². The largest absolute Gasteiger partial charge is 0.468 e. The molecular weight excluding hydrogens is 926 g/mol. The number of para-hydroxylation sites is 4. The summed E-state index contributed by atoms with van der Waals surface area (Å²) in [5, 5.41) is 3.38. The summed E-state index contributed by atoms with van der Waals surface area (Å²) < 4.78 is 14.9. The summed E-state index contributed by atoms with van der Waals surface area (Å²) in [7, 11) is 0. The average molecular weight is 994 g/mol. The number of hydrogen-bond donors (Lipinski definition) is 0. The molecule has 0 saturated heterocycles. The summed E-state index contributed by atoms with van der Waals surface area (Å²) >= 11 is 0. The van der Waals surface area contributed by atoms with Crippen molar-refractivity contribution in [1.82, 2.24) is 0 Å². The molecule has 0 amide bonds. The van der Waals surface area contributed by atoms with Crippen molar-refractivity contribution >= 4 is 107 Å². The number of furan rings is 2. The van der Waals surface area contributed by atoms with E-state index in [9.17, 15) is 0 Å². The van der Waals surface area contributed by atoms with Crippen molar-refractivity contribution in [1.29, 1.82) is 0 Å². The van der Waals surface area contributed by atoms with Gasteiger partial charge in [0, 0.05) is 50.3 Å². The van der Waals surface area contributed by atoms with Crippen LogP contribution in [0.5, 0.6) is 0 Å². The molecule has 2 aromatic heterocycles. The van der Waals surface area contributed by atoms with E-state index >= 15 is 0 Å². The van der Waals surface area contributed by atoms with E-state index < -0.39 is 0 Å². The summed E-state index contributed by atoms with van der Waals surface area (Å²) in [6.45, 7) is 26.2. The van der Waals surface area contributed by atoms with Crippen LogP contribution in [-0.4, -0.2) is 6.71 Å². The molecule has 2 aliphatic carbocycles. The lowest BCUT2D eigenvalue weighted by atomic mass is 9.35. The molecule has 0 atom stereocenters. The number of nitrogens with zero attached hydrogens (tertiary/aromatic N) is 3. The van der Waals surface area contributed by atoms with E-state index in [1.807, 2.05) is 0 Å². The van der Waals surface area contributed by atoms with Crippen molar-refractivity contribution in [3.63, 3.8) is 0 Å². The van der Waals surface area contributed by atoms with E-state index in [4.69, 9.17) is 8.83 Å². The van der Waals surface area contributed by atoms with Gasteiger partial charge in [0.2, 0.25) is 0 Å². The molecule has 2 aliphatic heterocycles. The number of benzene rings is 8. The Kier molecular flexibility index (Phi) is 9.94.